The number of nitrogens with two attached hydrogens (primary N) is 1. The van der Waals surface area contributed by atoms with E-state index in [4.69, 9.17) is 5.73 Å². The summed E-state index contributed by atoms with van der Waals surface area (Å²) in [6.07, 6.45) is 7.68. The van der Waals surface area contributed by atoms with Crippen LogP contribution in [0.1, 0.15) is 55.4 Å². The second-order valence-corrected chi connectivity index (χ2v) is 10.4. The summed E-state index contributed by atoms with van der Waals surface area (Å²) in [5.74, 6) is 1.33. The number of nitrogens with one attached hydrogen (secondary N) is 1. The predicted octanol–water partition coefficient (Wildman–Crippen LogP) is 5.13. The summed E-state index contributed by atoms with van der Waals surface area (Å²) in [6.45, 7) is 6.75. The van der Waals surface area contributed by atoms with Gasteiger partial charge in [-0.3, -0.25) is 0 Å². The molecule has 0 fully saturated rings. The monoisotopic (exact) mass is 508 g/mol. The van der Waals surface area contributed by atoms with Gasteiger partial charge in [0.05, 0.1) is 5.69 Å². The van der Waals surface area contributed by atoms with E-state index >= 15 is 0 Å². The van der Waals surface area contributed by atoms with Crippen molar-refractivity contribution in [2.24, 2.45) is 0 Å². The van der Waals surface area contributed by atoms with Crippen LogP contribution in [0.4, 0.5) is 17.6 Å². The zero-order chi connectivity index (χ0) is 26.1. The Morgan fingerprint density at radius 1 is 0.895 bits per heavy atom. The van der Waals surface area contributed by atoms with Gasteiger partial charge in [0.15, 0.2) is 5.82 Å². The number of nitrogen functional groups attached to an aromatic ring is 1. The fourth-order valence-electron chi connectivity index (χ4n) is 6.13. The third-order valence-corrected chi connectivity index (χ3v) is 8.16. The first-order valence-electron chi connectivity index (χ1n) is 13.9. The quantitative estimate of drug-likeness (QED) is 0.349. The van der Waals surface area contributed by atoms with E-state index in [2.05, 4.69) is 86.8 Å². The lowest BCUT2D eigenvalue weighted by Crippen LogP contribution is -2.35. The molecule has 196 valence electrons. The van der Waals surface area contributed by atoms with E-state index in [1.165, 1.54) is 35.1 Å². The molecule has 6 rings (SSSR count). The van der Waals surface area contributed by atoms with Gasteiger partial charge in [0.1, 0.15) is 0 Å². The van der Waals surface area contributed by atoms with Crippen molar-refractivity contribution in [3.8, 4) is 17.1 Å². The van der Waals surface area contributed by atoms with Gasteiger partial charge in [0, 0.05) is 17.3 Å². The maximum Gasteiger partial charge on any atom is 0.248 e. The van der Waals surface area contributed by atoms with Crippen LogP contribution in [-0.2, 0) is 25.7 Å². The Morgan fingerprint density at radius 2 is 1.68 bits per heavy atom. The van der Waals surface area contributed by atoms with Crippen LogP contribution in [0, 0.1) is 0 Å². The van der Waals surface area contributed by atoms with Crippen LogP contribution in [0.3, 0.4) is 0 Å². The maximum atomic E-state index is 6.29. The van der Waals surface area contributed by atoms with Gasteiger partial charge in [0.2, 0.25) is 11.9 Å². The first-order valence-corrected chi connectivity index (χ1v) is 13.9. The van der Waals surface area contributed by atoms with Gasteiger partial charge in [-0.15, -0.1) is 15.3 Å². The highest BCUT2D eigenvalue weighted by atomic mass is 15.4. The number of nitrogens with zero attached hydrogens (tertiary/aromatic N) is 6. The molecule has 0 saturated heterocycles. The molecule has 8 nitrogen and oxygen atoms in total. The average molecular weight is 509 g/mol. The molecule has 2 heterocycles. The van der Waals surface area contributed by atoms with Gasteiger partial charge in [-0.25, -0.2) is 0 Å². The second-order valence-electron chi connectivity index (χ2n) is 10.4. The number of hydrogen-bond donors (Lipinski definition) is 2. The highest BCUT2D eigenvalue weighted by molar-refractivity contribution is 5.68. The number of anilines is 3. The standard InChI is InChI=1S/C30H36N8/c1-3-37(4-2)25-16-13-20-12-15-24(18-22(20)14-17-25)32-30-33-29(31)38(36-30)27-19-23-10-7-9-21-8-5-6-11-26(21)28(23)35-34-27/h5-6,8,11-12,15,18-19,25H,3-4,7,9-10,13-14,16-17H2,1-2H3,(H3,31,32,33,36)/t25-/m1/s1. The van der Waals surface area contributed by atoms with E-state index < -0.39 is 0 Å². The number of rotatable bonds is 6. The normalized spacial score (nSPS) is 16.8. The predicted molar refractivity (Wildman–Crippen MR) is 152 cm³/mol. The molecule has 2 aliphatic rings. The number of aryl methyl sites for hydroxylation is 4. The molecule has 0 spiro atoms. The molecule has 0 amide bonds. The lowest BCUT2D eigenvalue weighted by molar-refractivity contribution is 0.199. The Morgan fingerprint density at radius 3 is 2.53 bits per heavy atom. The third-order valence-electron chi connectivity index (χ3n) is 8.16. The SMILES string of the molecule is CCN(CC)[C@@H]1CCc2ccc(Nc3nc(N)n(-c4cc5c(nn4)-c4ccccc4CCC5)n3)cc2CC1. The zero-order valence-electron chi connectivity index (χ0n) is 22.3. The molecule has 38 heavy (non-hydrogen) atoms. The summed E-state index contributed by atoms with van der Waals surface area (Å²) in [4.78, 5) is 7.07. The fraction of sp³-hybridized carbons (Fsp3) is 0.400. The first-order chi connectivity index (χ1) is 18.6. The Labute approximate surface area is 224 Å². The van der Waals surface area contributed by atoms with Crippen molar-refractivity contribution in [1.29, 1.82) is 0 Å². The first kappa shape index (κ1) is 24.6. The Hall–Kier alpha value is -3.78. The molecule has 0 bridgehead atoms. The van der Waals surface area contributed by atoms with E-state index in [0.29, 0.717) is 17.8 Å². The highest BCUT2D eigenvalue weighted by Gasteiger charge is 2.21. The number of fused-ring (bicyclic) bond motifs is 4. The lowest BCUT2D eigenvalue weighted by atomic mass is 10.0. The van der Waals surface area contributed by atoms with Crippen LogP contribution in [-0.4, -0.2) is 49.0 Å². The van der Waals surface area contributed by atoms with Crippen molar-refractivity contribution in [3.05, 3.63) is 70.8 Å². The highest BCUT2D eigenvalue weighted by Crippen LogP contribution is 2.32. The van der Waals surface area contributed by atoms with Crippen LogP contribution in [0.25, 0.3) is 17.1 Å². The second kappa shape index (κ2) is 10.5. The zero-order valence-corrected chi connectivity index (χ0v) is 22.3. The molecule has 0 aliphatic heterocycles. The number of benzene rings is 2. The minimum Gasteiger partial charge on any atom is -0.368 e. The van der Waals surface area contributed by atoms with Gasteiger partial charge < -0.3 is 16.0 Å². The molecule has 0 unspecified atom stereocenters. The summed E-state index contributed by atoms with van der Waals surface area (Å²) in [5.41, 5.74) is 14.7. The van der Waals surface area contributed by atoms with E-state index in [-0.39, 0.29) is 5.95 Å². The molecule has 1 atom stereocenters. The smallest absolute Gasteiger partial charge is 0.248 e. The van der Waals surface area contributed by atoms with Crippen LogP contribution in [0.15, 0.2) is 48.5 Å². The maximum absolute atomic E-state index is 6.29. The molecular formula is C30H36N8. The lowest BCUT2D eigenvalue weighted by Gasteiger charge is -2.28. The molecule has 8 heteroatoms. The molecule has 2 aromatic carbocycles. The fourth-order valence-corrected chi connectivity index (χ4v) is 6.13. The Kier molecular flexibility index (Phi) is 6.81. The molecule has 2 aromatic heterocycles. The summed E-state index contributed by atoms with van der Waals surface area (Å²) in [7, 11) is 0. The van der Waals surface area contributed by atoms with Crippen molar-refractivity contribution < 1.29 is 0 Å². The van der Waals surface area contributed by atoms with E-state index in [0.717, 1.165) is 62.1 Å². The van der Waals surface area contributed by atoms with Gasteiger partial charge in [0.25, 0.3) is 0 Å². The molecule has 2 aliphatic carbocycles. The van der Waals surface area contributed by atoms with Gasteiger partial charge in [-0.2, -0.15) is 9.67 Å². The van der Waals surface area contributed by atoms with Crippen molar-refractivity contribution in [3.63, 3.8) is 0 Å². The van der Waals surface area contributed by atoms with E-state index in [9.17, 15) is 0 Å². The molecule has 0 radical (unpaired) electrons. The van der Waals surface area contributed by atoms with Crippen LogP contribution < -0.4 is 11.1 Å². The van der Waals surface area contributed by atoms with Crippen LogP contribution in [0.5, 0.6) is 0 Å². The van der Waals surface area contributed by atoms with Crippen LogP contribution >= 0.6 is 0 Å². The topological polar surface area (TPSA) is 97.8 Å². The Balaban J connectivity index is 1.22. The molecule has 0 saturated carbocycles. The van der Waals surface area contributed by atoms with E-state index in [1.54, 1.807) is 4.68 Å². The molecule has 4 aromatic rings. The largest absolute Gasteiger partial charge is 0.368 e. The van der Waals surface area contributed by atoms with Crippen molar-refractivity contribution >= 4 is 17.6 Å². The van der Waals surface area contributed by atoms with Gasteiger partial charge in [-0.05, 0) is 98.5 Å². The Bertz CT molecular complexity index is 1440. The van der Waals surface area contributed by atoms with Gasteiger partial charge in [-0.1, -0.05) is 44.2 Å². The van der Waals surface area contributed by atoms with Crippen molar-refractivity contribution in [2.75, 3.05) is 24.1 Å². The summed E-state index contributed by atoms with van der Waals surface area (Å²) in [6, 6.07) is 17.8. The number of hydrogen-bond acceptors (Lipinski definition) is 7. The molecular weight excluding hydrogens is 472 g/mol. The van der Waals surface area contributed by atoms with Crippen molar-refractivity contribution in [2.45, 2.75) is 64.8 Å². The minimum atomic E-state index is 0.285. The summed E-state index contributed by atoms with van der Waals surface area (Å²) in [5, 5.41) is 17.1. The van der Waals surface area contributed by atoms with Crippen molar-refractivity contribution in [1.82, 2.24) is 29.9 Å². The minimum absolute atomic E-state index is 0.285. The van der Waals surface area contributed by atoms with Crippen LogP contribution in [0.2, 0.25) is 0 Å². The molecule has 3 N–H and O–H groups in total. The van der Waals surface area contributed by atoms with Gasteiger partial charge >= 0.3 is 0 Å². The average Bonchev–Trinajstić information content (AvgIpc) is 3.08. The van der Waals surface area contributed by atoms with E-state index in [1.807, 2.05) is 6.07 Å². The summed E-state index contributed by atoms with van der Waals surface area (Å²) >= 11 is 0. The summed E-state index contributed by atoms with van der Waals surface area (Å²) < 4.78 is 1.57. The number of aromatic nitrogens is 5. The third kappa shape index (κ3) is 4.76.